The summed E-state index contributed by atoms with van der Waals surface area (Å²) in [7, 11) is 0. The molecule has 1 saturated heterocycles. The molecule has 17 heavy (non-hydrogen) atoms. The second-order valence-electron chi connectivity index (χ2n) is 6.27. The van der Waals surface area contributed by atoms with Gasteiger partial charge in [0.05, 0.1) is 0 Å². The van der Waals surface area contributed by atoms with Crippen molar-refractivity contribution < 1.29 is 0 Å². The number of rotatable bonds is 4. The maximum absolute atomic E-state index is 6.66. The average molecular weight is 238 g/mol. The Labute approximate surface area is 107 Å². The van der Waals surface area contributed by atoms with Crippen molar-refractivity contribution >= 4 is 0 Å². The van der Waals surface area contributed by atoms with E-state index in [0.29, 0.717) is 17.5 Å². The Morgan fingerprint density at radius 3 is 2.18 bits per heavy atom. The number of hydrogen-bond acceptors (Lipinski definition) is 2. The van der Waals surface area contributed by atoms with Crippen molar-refractivity contribution in [2.24, 2.45) is 11.7 Å². The minimum atomic E-state index is 0.357. The smallest absolute Gasteiger partial charge is 0.0362 e. The highest BCUT2D eigenvalue weighted by Crippen LogP contribution is 2.41. The molecule has 100 valence electrons. The third-order valence-corrected chi connectivity index (χ3v) is 5.33. The predicted molar refractivity (Wildman–Crippen MR) is 74.1 cm³/mol. The molecule has 1 saturated carbocycles. The molecule has 2 nitrogen and oxygen atoms in total. The van der Waals surface area contributed by atoms with E-state index in [0.717, 1.165) is 0 Å². The van der Waals surface area contributed by atoms with Crippen LogP contribution < -0.4 is 5.73 Å². The van der Waals surface area contributed by atoms with Crippen LogP contribution in [-0.2, 0) is 0 Å². The second-order valence-corrected chi connectivity index (χ2v) is 6.27. The van der Waals surface area contributed by atoms with Gasteiger partial charge in [0.25, 0.3) is 0 Å². The molecule has 1 heterocycles. The Hall–Kier alpha value is -0.0800. The molecule has 0 amide bonds. The van der Waals surface area contributed by atoms with Gasteiger partial charge in [0, 0.05) is 11.6 Å². The Balaban J connectivity index is 2.13. The fraction of sp³-hybridized carbons (Fsp3) is 1.00. The molecule has 0 aromatic rings. The van der Waals surface area contributed by atoms with Gasteiger partial charge in [-0.25, -0.2) is 0 Å². The summed E-state index contributed by atoms with van der Waals surface area (Å²) in [4.78, 5) is 2.76. The first-order valence-electron chi connectivity index (χ1n) is 7.71. The van der Waals surface area contributed by atoms with Crippen LogP contribution in [0.15, 0.2) is 0 Å². The van der Waals surface area contributed by atoms with E-state index >= 15 is 0 Å². The van der Waals surface area contributed by atoms with Crippen molar-refractivity contribution in [3.8, 4) is 0 Å². The van der Waals surface area contributed by atoms with Gasteiger partial charge in [-0.3, -0.25) is 4.90 Å². The van der Waals surface area contributed by atoms with Gasteiger partial charge >= 0.3 is 0 Å². The maximum atomic E-state index is 6.66. The van der Waals surface area contributed by atoms with Gasteiger partial charge < -0.3 is 5.73 Å². The molecular weight excluding hydrogens is 208 g/mol. The van der Waals surface area contributed by atoms with E-state index in [1.54, 1.807) is 0 Å². The minimum Gasteiger partial charge on any atom is -0.326 e. The quantitative estimate of drug-likeness (QED) is 0.815. The Bertz CT molecular complexity index is 223. The summed E-state index contributed by atoms with van der Waals surface area (Å²) in [6, 6.07) is 0.382. The summed E-state index contributed by atoms with van der Waals surface area (Å²) in [5.74, 6) is 0.662. The molecule has 0 spiro atoms. The summed E-state index contributed by atoms with van der Waals surface area (Å²) in [6.07, 6.45) is 10.9. The van der Waals surface area contributed by atoms with E-state index < -0.39 is 0 Å². The Kier molecular flexibility index (Phi) is 4.48. The molecule has 0 radical (unpaired) electrons. The number of nitrogens with zero attached hydrogens (tertiary/aromatic N) is 1. The summed E-state index contributed by atoms with van der Waals surface area (Å²) in [5, 5.41) is 0. The molecule has 1 aliphatic heterocycles. The zero-order valence-corrected chi connectivity index (χ0v) is 11.8. The van der Waals surface area contributed by atoms with Crippen LogP contribution in [0.4, 0.5) is 0 Å². The molecule has 0 aromatic heterocycles. The highest BCUT2D eigenvalue weighted by atomic mass is 15.2. The summed E-state index contributed by atoms with van der Waals surface area (Å²) in [6.45, 7) is 7.21. The first kappa shape index (κ1) is 13.4. The molecule has 2 heteroatoms. The lowest BCUT2D eigenvalue weighted by Gasteiger charge is -2.49. The predicted octanol–water partition coefficient (Wildman–Crippen LogP) is 3.16. The largest absolute Gasteiger partial charge is 0.326 e. The van der Waals surface area contributed by atoms with Crippen molar-refractivity contribution in [1.29, 1.82) is 0 Å². The van der Waals surface area contributed by atoms with E-state index in [1.165, 1.54) is 64.5 Å². The zero-order chi connectivity index (χ0) is 12.3. The van der Waals surface area contributed by atoms with Crippen LogP contribution in [0.5, 0.6) is 0 Å². The molecule has 2 unspecified atom stereocenters. The van der Waals surface area contributed by atoms with Crippen LogP contribution in [0.2, 0.25) is 0 Å². The second kappa shape index (κ2) is 5.71. The Morgan fingerprint density at radius 2 is 1.65 bits per heavy atom. The number of likely N-dealkylation sites (tertiary alicyclic amines) is 1. The fourth-order valence-electron chi connectivity index (χ4n) is 3.97. The highest BCUT2D eigenvalue weighted by molar-refractivity contribution is 5.04. The van der Waals surface area contributed by atoms with Crippen LogP contribution >= 0.6 is 0 Å². The fourth-order valence-corrected chi connectivity index (χ4v) is 3.97. The summed E-state index contributed by atoms with van der Waals surface area (Å²) >= 11 is 0. The molecule has 2 N–H and O–H groups in total. The van der Waals surface area contributed by atoms with E-state index in [9.17, 15) is 0 Å². The van der Waals surface area contributed by atoms with Crippen molar-refractivity contribution in [2.75, 3.05) is 13.1 Å². The third-order valence-electron chi connectivity index (χ3n) is 5.33. The van der Waals surface area contributed by atoms with Crippen molar-refractivity contribution in [3.63, 3.8) is 0 Å². The van der Waals surface area contributed by atoms with Gasteiger partial charge in [0.15, 0.2) is 0 Å². The van der Waals surface area contributed by atoms with Crippen molar-refractivity contribution in [3.05, 3.63) is 0 Å². The lowest BCUT2D eigenvalue weighted by molar-refractivity contribution is 0.0323. The summed E-state index contributed by atoms with van der Waals surface area (Å²) in [5.41, 5.74) is 7.01. The van der Waals surface area contributed by atoms with Crippen LogP contribution in [0, 0.1) is 5.92 Å². The van der Waals surface area contributed by atoms with E-state index in [-0.39, 0.29) is 0 Å². The molecule has 2 atom stereocenters. The third kappa shape index (κ3) is 2.53. The maximum Gasteiger partial charge on any atom is 0.0362 e. The topological polar surface area (TPSA) is 29.3 Å². The van der Waals surface area contributed by atoms with Gasteiger partial charge in [0.2, 0.25) is 0 Å². The van der Waals surface area contributed by atoms with Crippen molar-refractivity contribution in [2.45, 2.75) is 76.8 Å². The SMILES string of the molecule is CCC(C)C(N)C1(N2CCCCC2)CCCC1. The van der Waals surface area contributed by atoms with Gasteiger partial charge in [0.1, 0.15) is 0 Å². The lowest BCUT2D eigenvalue weighted by atomic mass is 9.78. The van der Waals surface area contributed by atoms with Gasteiger partial charge in [-0.2, -0.15) is 0 Å². The molecule has 0 bridgehead atoms. The van der Waals surface area contributed by atoms with Crippen LogP contribution in [0.1, 0.15) is 65.2 Å². The van der Waals surface area contributed by atoms with E-state index in [4.69, 9.17) is 5.73 Å². The van der Waals surface area contributed by atoms with Gasteiger partial charge in [-0.1, -0.05) is 39.5 Å². The lowest BCUT2D eigenvalue weighted by Crippen LogP contribution is -2.61. The number of piperidine rings is 1. The van der Waals surface area contributed by atoms with E-state index in [1.807, 2.05) is 0 Å². The molecule has 2 rings (SSSR count). The average Bonchev–Trinajstić information content (AvgIpc) is 2.88. The molecule has 0 aromatic carbocycles. The molecule has 2 aliphatic rings. The standard InChI is InChI=1S/C15H30N2/c1-3-13(2)14(16)15(9-5-6-10-15)17-11-7-4-8-12-17/h13-14H,3-12,16H2,1-2H3. The van der Waals surface area contributed by atoms with Crippen molar-refractivity contribution in [1.82, 2.24) is 4.90 Å². The first-order chi connectivity index (χ1) is 8.20. The number of hydrogen-bond donors (Lipinski definition) is 1. The zero-order valence-electron chi connectivity index (χ0n) is 11.8. The molecular formula is C15H30N2. The molecule has 1 aliphatic carbocycles. The Morgan fingerprint density at radius 1 is 1.06 bits per heavy atom. The highest BCUT2D eigenvalue weighted by Gasteiger charge is 2.45. The van der Waals surface area contributed by atoms with E-state index in [2.05, 4.69) is 18.7 Å². The van der Waals surface area contributed by atoms with Crippen LogP contribution in [-0.4, -0.2) is 29.6 Å². The minimum absolute atomic E-state index is 0.357. The monoisotopic (exact) mass is 238 g/mol. The number of nitrogens with two attached hydrogens (primary N) is 1. The molecule has 2 fully saturated rings. The normalized spacial score (nSPS) is 29.1. The van der Waals surface area contributed by atoms with Gasteiger partial charge in [-0.05, 0) is 44.7 Å². The first-order valence-corrected chi connectivity index (χ1v) is 7.71. The summed E-state index contributed by atoms with van der Waals surface area (Å²) < 4.78 is 0. The van der Waals surface area contributed by atoms with Crippen LogP contribution in [0.3, 0.4) is 0 Å². The van der Waals surface area contributed by atoms with Gasteiger partial charge in [-0.15, -0.1) is 0 Å². The van der Waals surface area contributed by atoms with Crippen LogP contribution in [0.25, 0.3) is 0 Å².